The quantitative estimate of drug-likeness (QED) is 0.575. The topological polar surface area (TPSA) is 0 Å². The van der Waals surface area contributed by atoms with Crippen LogP contribution in [0.15, 0.2) is 35.5 Å². The zero-order valence-corrected chi connectivity index (χ0v) is 14.5. The van der Waals surface area contributed by atoms with Crippen molar-refractivity contribution >= 4 is 33.2 Å². The first kappa shape index (κ1) is 22.4. The maximum atomic E-state index is 3.54. The predicted octanol–water partition coefficient (Wildman–Crippen LogP) is 4.17. The standard InChI is InChI=1S/2C6H7.2CH2.2ClH.Zr/c2*1-6-4-2-3-5-6;;;;;/h2*4-5H,2H2,1H3;2*1H2;2*1H;/q2*-1;;;;;. The summed E-state index contributed by atoms with van der Waals surface area (Å²) in [5.41, 5.74) is 2.69. The van der Waals surface area contributed by atoms with Crippen molar-refractivity contribution in [2.45, 2.75) is 26.7 Å². The molecule has 0 amide bonds. The fraction of sp³-hybridized carbons (Fsp3) is 0.286. The van der Waals surface area contributed by atoms with Crippen molar-refractivity contribution in [2.24, 2.45) is 0 Å². The molecule has 0 spiro atoms. The van der Waals surface area contributed by atoms with Gasteiger partial charge in [-0.3, -0.25) is 12.2 Å². The Morgan fingerprint density at radius 3 is 1.29 bits per heavy atom. The summed E-state index contributed by atoms with van der Waals surface area (Å²) in [6.07, 6.45) is 16.5. The van der Waals surface area contributed by atoms with Crippen LogP contribution in [0, 0.1) is 12.2 Å². The van der Waals surface area contributed by atoms with Gasteiger partial charge in [0.1, 0.15) is 0 Å². The molecule has 0 heterocycles. The molecule has 17 heavy (non-hydrogen) atoms. The fourth-order valence-electron chi connectivity index (χ4n) is 0.998. The van der Waals surface area contributed by atoms with Crippen molar-refractivity contribution in [3.8, 4) is 0 Å². The summed E-state index contributed by atoms with van der Waals surface area (Å²) in [5.74, 6) is 0. The van der Waals surface area contributed by atoms with E-state index in [0.29, 0.717) is 0 Å². The van der Waals surface area contributed by atoms with E-state index in [0.717, 1.165) is 12.8 Å². The molecule has 2 rings (SSSR count). The van der Waals surface area contributed by atoms with E-state index in [-0.39, 0.29) is 47.1 Å². The number of hydrogen-bond donors (Lipinski definition) is 0. The summed E-state index contributed by atoms with van der Waals surface area (Å²) in [4.78, 5) is 0. The molecule has 0 fully saturated rings. The molecule has 0 saturated carbocycles. The van der Waals surface area contributed by atoms with Crippen molar-refractivity contribution in [1.82, 2.24) is 0 Å². The van der Waals surface area contributed by atoms with Crippen molar-refractivity contribution < 1.29 is 22.3 Å². The molecule has 0 aliphatic heterocycles. The van der Waals surface area contributed by atoms with Crippen LogP contribution in [0.5, 0.6) is 0 Å². The Morgan fingerprint density at radius 1 is 0.941 bits per heavy atom. The summed E-state index contributed by atoms with van der Waals surface area (Å²) in [6.45, 7) is 4.17. The molecule has 96 valence electrons. The zero-order chi connectivity index (χ0) is 11.5. The van der Waals surface area contributed by atoms with Crippen molar-refractivity contribution in [1.29, 1.82) is 0 Å². The van der Waals surface area contributed by atoms with Gasteiger partial charge in [0, 0.05) is 0 Å². The molecule has 2 aliphatic rings. The molecule has 0 saturated heterocycles. The maximum absolute atomic E-state index is 3.54. The second-order valence-corrected chi connectivity index (χ2v) is 4.48. The molecule has 0 N–H and O–H groups in total. The van der Waals surface area contributed by atoms with Crippen molar-refractivity contribution in [3.63, 3.8) is 0 Å². The summed E-state index contributed by atoms with van der Waals surface area (Å²) >= 11 is -0.270. The molecular formula is C14H20Cl2Zr-2. The summed E-state index contributed by atoms with van der Waals surface area (Å²) in [6, 6.07) is 0. The third-order valence-electron chi connectivity index (χ3n) is 1.74. The fourth-order valence-corrected chi connectivity index (χ4v) is 0.998. The van der Waals surface area contributed by atoms with E-state index >= 15 is 0 Å². The minimum absolute atomic E-state index is 0. The van der Waals surface area contributed by atoms with Crippen LogP contribution in [0.2, 0.25) is 0 Å². The van der Waals surface area contributed by atoms with Crippen molar-refractivity contribution in [2.75, 3.05) is 0 Å². The SMILES string of the molecule is CC1=CC[C-]=C1.CC1=CC[C-]=C1.Cl.Cl.[CH2]=[Zr]=[CH2]. The van der Waals surface area contributed by atoms with Gasteiger partial charge in [-0.15, -0.1) is 51.5 Å². The second kappa shape index (κ2) is 16.2. The Labute approximate surface area is 129 Å². The van der Waals surface area contributed by atoms with Gasteiger partial charge in [0.2, 0.25) is 0 Å². The molecule has 0 aromatic rings. The number of rotatable bonds is 0. The molecule has 0 aromatic heterocycles. The van der Waals surface area contributed by atoms with Crippen LogP contribution in [-0.4, -0.2) is 8.42 Å². The molecule has 0 bridgehead atoms. The first-order valence-corrected chi connectivity index (χ1v) is 8.44. The molecule has 2 aliphatic carbocycles. The van der Waals surface area contributed by atoms with Crippen LogP contribution in [-0.2, 0) is 22.3 Å². The zero-order valence-electron chi connectivity index (χ0n) is 10.5. The monoisotopic (exact) mass is 348 g/mol. The second-order valence-electron chi connectivity index (χ2n) is 3.25. The van der Waals surface area contributed by atoms with Gasteiger partial charge >= 0.3 is 30.7 Å². The van der Waals surface area contributed by atoms with E-state index in [9.17, 15) is 0 Å². The van der Waals surface area contributed by atoms with Crippen molar-refractivity contribution in [3.05, 3.63) is 47.6 Å². The Balaban J connectivity index is -0.000000173. The average Bonchev–Trinajstić information content (AvgIpc) is 2.81. The van der Waals surface area contributed by atoms with Crippen LogP contribution in [0.4, 0.5) is 0 Å². The van der Waals surface area contributed by atoms with Gasteiger partial charge in [0.25, 0.3) is 0 Å². The first-order chi connectivity index (χ1) is 7.20. The third kappa shape index (κ3) is 16.2. The van der Waals surface area contributed by atoms with E-state index < -0.39 is 0 Å². The number of allylic oxidation sites excluding steroid dienone is 8. The molecule has 0 radical (unpaired) electrons. The van der Waals surface area contributed by atoms with E-state index in [4.69, 9.17) is 0 Å². The molecule has 0 aromatic carbocycles. The van der Waals surface area contributed by atoms with E-state index in [1.54, 1.807) is 0 Å². The summed E-state index contributed by atoms with van der Waals surface area (Å²) in [7, 11) is 0. The van der Waals surface area contributed by atoms with Crippen LogP contribution in [0.1, 0.15) is 26.7 Å². The minimum atomic E-state index is -0.270. The molecular weight excluding hydrogens is 330 g/mol. The van der Waals surface area contributed by atoms with Gasteiger partial charge < -0.3 is 0 Å². The number of halogens is 2. The summed E-state index contributed by atoms with van der Waals surface area (Å²) in [5, 5.41) is 0. The Hall–Kier alpha value is 0.163. The van der Waals surface area contributed by atoms with Crippen LogP contribution >= 0.6 is 24.8 Å². The molecule has 0 nitrogen and oxygen atoms in total. The van der Waals surface area contributed by atoms with Gasteiger partial charge in [0.15, 0.2) is 0 Å². The van der Waals surface area contributed by atoms with Gasteiger partial charge in [0.05, 0.1) is 0 Å². The third-order valence-corrected chi connectivity index (χ3v) is 1.74. The van der Waals surface area contributed by atoms with E-state index in [2.05, 4.69) is 46.6 Å². The van der Waals surface area contributed by atoms with Crippen LogP contribution < -0.4 is 0 Å². The van der Waals surface area contributed by atoms with Crippen LogP contribution in [0.25, 0.3) is 0 Å². The van der Waals surface area contributed by atoms with Gasteiger partial charge in [-0.05, 0) is 0 Å². The first-order valence-electron chi connectivity index (χ1n) is 4.96. The molecule has 3 heteroatoms. The number of hydrogen-bond acceptors (Lipinski definition) is 0. The predicted molar refractivity (Wildman–Crippen MR) is 81.1 cm³/mol. The van der Waals surface area contributed by atoms with E-state index in [1.807, 2.05) is 12.2 Å². The van der Waals surface area contributed by atoms with Gasteiger partial charge in [-0.2, -0.15) is 12.2 Å². The van der Waals surface area contributed by atoms with E-state index in [1.165, 1.54) is 11.1 Å². The molecule has 0 unspecified atom stereocenters. The van der Waals surface area contributed by atoms with Gasteiger partial charge in [-0.25, -0.2) is 23.3 Å². The Kier molecular flexibility index (Phi) is 21.3. The van der Waals surface area contributed by atoms with Crippen LogP contribution in [0.3, 0.4) is 0 Å². The Bertz CT molecular complexity index is 297. The summed E-state index contributed by atoms with van der Waals surface area (Å²) < 4.78 is 7.09. The average molecular weight is 350 g/mol. The Morgan fingerprint density at radius 2 is 1.24 bits per heavy atom. The van der Waals surface area contributed by atoms with Gasteiger partial charge in [-0.1, -0.05) is 0 Å². The normalized spacial score (nSPS) is 13.5. The molecule has 0 atom stereocenters.